The Labute approximate surface area is 115 Å². The van der Waals surface area contributed by atoms with Crippen LogP contribution in [0.5, 0.6) is 0 Å². The summed E-state index contributed by atoms with van der Waals surface area (Å²) in [5, 5.41) is 9.09. The predicted octanol–water partition coefficient (Wildman–Crippen LogP) is 1.48. The molecule has 3 rings (SSSR count). The number of nitriles is 1. The first kappa shape index (κ1) is 12.9. The van der Waals surface area contributed by atoms with E-state index in [1.165, 1.54) is 19.3 Å². The van der Waals surface area contributed by atoms with Crippen molar-refractivity contribution in [3.05, 3.63) is 0 Å². The second kappa shape index (κ2) is 5.13. The van der Waals surface area contributed by atoms with Crippen molar-refractivity contribution in [3.63, 3.8) is 0 Å². The van der Waals surface area contributed by atoms with Gasteiger partial charge in [-0.1, -0.05) is 13.3 Å². The highest BCUT2D eigenvalue weighted by atomic mass is 16.2. The minimum atomic E-state index is 0.0255. The average Bonchev–Trinajstić information content (AvgIpc) is 2.92. The molecule has 3 unspecified atom stereocenters. The van der Waals surface area contributed by atoms with Gasteiger partial charge in [-0.2, -0.15) is 5.26 Å². The molecule has 0 N–H and O–H groups in total. The highest BCUT2D eigenvalue weighted by Gasteiger charge is 2.57. The van der Waals surface area contributed by atoms with Crippen LogP contribution in [-0.2, 0) is 4.79 Å². The van der Waals surface area contributed by atoms with Crippen LogP contribution in [-0.4, -0.2) is 47.9 Å². The van der Waals surface area contributed by atoms with Gasteiger partial charge in [0.25, 0.3) is 0 Å². The van der Waals surface area contributed by atoms with E-state index in [0.29, 0.717) is 23.7 Å². The average molecular weight is 261 g/mol. The topological polar surface area (TPSA) is 47.3 Å². The van der Waals surface area contributed by atoms with E-state index in [1.54, 1.807) is 0 Å². The van der Waals surface area contributed by atoms with Crippen molar-refractivity contribution in [3.8, 4) is 6.07 Å². The summed E-state index contributed by atoms with van der Waals surface area (Å²) in [7, 11) is 0. The molecular weight excluding hydrogens is 238 g/mol. The number of hydrogen-bond acceptors (Lipinski definition) is 3. The monoisotopic (exact) mass is 261 g/mol. The molecule has 3 aliphatic rings. The molecule has 4 nitrogen and oxygen atoms in total. The molecule has 3 atom stereocenters. The Balaban J connectivity index is 1.51. The van der Waals surface area contributed by atoms with E-state index in [9.17, 15) is 4.79 Å². The number of amides is 1. The molecule has 1 saturated heterocycles. The molecule has 2 saturated carbocycles. The Hall–Kier alpha value is -1.08. The lowest BCUT2D eigenvalue weighted by Crippen LogP contribution is -2.52. The predicted molar refractivity (Wildman–Crippen MR) is 72.2 cm³/mol. The van der Waals surface area contributed by atoms with Crippen LogP contribution in [0.3, 0.4) is 0 Å². The van der Waals surface area contributed by atoms with Gasteiger partial charge in [0.1, 0.15) is 0 Å². The van der Waals surface area contributed by atoms with Crippen LogP contribution in [0, 0.1) is 29.1 Å². The lowest BCUT2D eigenvalue weighted by atomic mass is 10.1. The van der Waals surface area contributed by atoms with Crippen LogP contribution in [0.4, 0.5) is 0 Å². The second-order valence-corrected chi connectivity index (χ2v) is 6.20. The van der Waals surface area contributed by atoms with E-state index >= 15 is 0 Å². The van der Waals surface area contributed by atoms with Gasteiger partial charge in [-0.25, -0.2) is 0 Å². The molecule has 0 bridgehead atoms. The Morgan fingerprint density at radius 3 is 2.42 bits per heavy atom. The van der Waals surface area contributed by atoms with Gasteiger partial charge in [0.05, 0.1) is 12.1 Å². The fraction of sp³-hybridized carbons (Fsp3) is 0.867. The number of carbonyl (C=O) groups is 1. The second-order valence-electron chi connectivity index (χ2n) is 6.20. The Morgan fingerprint density at radius 1 is 1.26 bits per heavy atom. The maximum Gasteiger partial charge on any atom is 0.226 e. The van der Waals surface area contributed by atoms with Gasteiger partial charge in [-0.05, 0) is 31.1 Å². The number of hydrogen-bond donors (Lipinski definition) is 0. The molecule has 104 valence electrons. The Kier molecular flexibility index (Phi) is 3.49. The largest absolute Gasteiger partial charge is 0.340 e. The maximum atomic E-state index is 12.4. The first-order chi connectivity index (χ1) is 9.26. The van der Waals surface area contributed by atoms with Crippen LogP contribution in [0.1, 0.15) is 32.6 Å². The zero-order valence-electron chi connectivity index (χ0n) is 11.7. The molecule has 1 heterocycles. The van der Waals surface area contributed by atoms with Crippen LogP contribution < -0.4 is 0 Å². The Morgan fingerprint density at radius 2 is 1.89 bits per heavy atom. The van der Waals surface area contributed by atoms with Gasteiger partial charge in [0, 0.05) is 32.1 Å². The quantitative estimate of drug-likeness (QED) is 0.773. The zero-order chi connectivity index (χ0) is 13.4. The van der Waals surface area contributed by atoms with Crippen LogP contribution in [0.15, 0.2) is 0 Å². The standard InChI is InChI=1S/C15H23N3O/c1-2-11(10-16)17-6-8-18(9-7-17)15(19)14-12-4-3-5-13(12)14/h11-14H,2-9H2,1H3. The summed E-state index contributed by atoms with van der Waals surface area (Å²) >= 11 is 0. The van der Waals surface area contributed by atoms with Crippen molar-refractivity contribution >= 4 is 5.91 Å². The summed E-state index contributed by atoms with van der Waals surface area (Å²) in [6.07, 6.45) is 4.74. The number of rotatable bonds is 3. The molecule has 0 spiro atoms. The van der Waals surface area contributed by atoms with Crippen molar-refractivity contribution in [1.82, 2.24) is 9.80 Å². The van der Waals surface area contributed by atoms with Gasteiger partial charge >= 0.3 is 0 Å². The molecule has 4 heteroatoms. The fourth-order valence-corrected chi connectivity index (χ4v) is 4.08. The molecule has 1 amide bonds. The summed E-state index contributed by atoms with van der Waals surface area (Å²) < 4.78 is 0. The summed E-state index contributed by atoms with van der Waals surface area (Å²) in [6.45, 7) is 5.40. The molecule has 0 aromatic rings. The van der Waals surface area contributed by atoms with Crippen LogP contribution in [0.2, 0.25) is 0 Å². The molecule has 1 aliphatic heterocycles. The van der Waals surface area contributed by atoms with Crippen molar-refractivity contribution in [2.24, 2.45) is 17.8 Å². The van der Waals surface area contributed by atoms with Gasteiger partial charge < -0.3 is 4.90 Å². The van der Waals surface area contributed by atoms with Crippen molar-refractivity contribution in [2.75, 3.05) is 26.2 Å². The molecule has 0 radical (unpaired) electrons. The van der Waals surface area contributed by atoms with Crippen LogP contribution >= 0.6 is 0 Å². The lowest BCUT2D eigenvalue weighted by molar-refractivity contribution is -0.135. The lowest BCUT2D eigenvalue weighted by Gasteiger charge is -2.37. The van der Waals surface area contributed by atoms with Gasteiger partial charge in [-0.3, -0.25) is 9.69 Å². The van der Waals surface area contributed by atoms with E-state index < -0.39 is 0 Å². The van der Waals surface area contributed by atoms with Gasteiger partial charge in [0.15, 0.2) is 0 Å². The third kappa shape index (κ3) is 2.25. The summed E-state index contributed by atoms with van der Waals surface area (Å²) in [4.78, 5) is 16.7. The molecular formula is C15H23N3O. The molecule has 2 aliphatic carbocycles. The summed E-state index contributed by atoms with van der Waals surface area (Å²) in [5.41, 5.74) is 0. The minimum Gasteiger partial charge on any atom is -0.340 e. The van der Waals surface area contributed by atoms with Gasteiger partial charge in [0.2, 0.25) is 5.91 Å². The molecule has 0 aromatic heterocycles. The first-order valence-electron chi connectivity index (χ1n) is 7.68. The number of nitrogens with zero attached hydrogens (tertiary/aromatic N) is 3. The van der Waals surface area contributed by atoms with E-state index in [-0.39, 0.29) is 6.04 Å². The van der Waals surface area contributed by atoms with E-state index in [4.69, 9.17) is 5.26 Å². The highest BCUT2D eigenvalue weighted by molar-refractivity contribution is 5.82. The summed E-state index contributed by atoms with van der Waals surface area (Å²) in [6, 6.07) is 2.38. The summed E-state index contributed by atoms with van der Waals surface area (Å²) in [5.74, 6) is 2.19. The molecule has 3 fully saturated rings. The van der Waals surface area contributed by atoms with Crippen molar-refractivity contribution < 1.29 is 4.79 Å². The highest BCUT2D eigenvalue weighted by Crippen LogP contribution is 2.58. The van der Waals surface area contributed by atoms with Gasteiger partial charge in [-0.15, -0.1) is 0 Å². The third-order valence-electron chi connectivity index (χ3n) is 5.29. The number of piperazine rings is 1. The first-order valence-corrected chi connectivity index (χ1v) is 7.68. The fourth-order valence-electron chi connectivity index (χ4n) is 4.08. The van der Waals surface area contributed by atoms with Crippen molar-refractivity contribution in [2.45, 2.75) is 38.6 Å². The van der Waals surface area contributed by atoms with E-state index in [1.807, 2.05) is 4.90 Å². The molecule has 0 aromatic carbocycles. The minimum absolute atomic E-state index is 0.0255. The Bertz CT molecular complexity index is 385. The van der Waals surface area contributed by atoms with E-state index in [2.05, 4.69) is 17.9 Å². The smallest absolute Gasteiger partial charge is 0.226 e. The van der Waals surface area contributed by atoms with Crippen LogP contribution in [0.25, 0.3) is 0 Å². The SMILES string of the molecule is CCC(C#N)N1CCN(C(=O)C2C3CCCC32)CC1. The van der Waals surface area contributed by atoms with E-state index in [0.717, 1.165) is 32.6 Å². The zero-order valence-corrected chi connectivity index (χ0v) is 11.7. The number of carbonyl (C=O) groups excluding carboxylic acids is 1. The number of fused-ring (bicyclic) bond motifs is 1. The maximum absolute atomic E-state index is 12.4. The van der Waals surface area contributed by atoms with Crippen molar-refractivity contribution in [1.29, 1.82) is 5.26 Å². The third-order valence-corrected chi connectivity index (χ3v) is 5.29. The molecule has 19 heavy (non-hydrogen) atoms. The normalized spacial score (nSPS) is 35.6.